The molecular weight excluding hydrogens is 328 g/mol. The predicted molar refractivity (Wildman–Crippen MR) is 89.7 cm³/mol. The number of likely N-dealkylation sites (N-methyl/N-ethyl adjacent to an activating group) is 1. The highest BCUT2D eigenvalue weighted by molar-refractivity contribution is 6.00. The van der Waals surface area contributed by atoms with E-state index in [1.54, 1.807) is 52.1 Å². The van der Waals surface area contributed by atoms with Crippen LogP contribution in [0.1, 0.15) is 27.2 Å². The van der Waals surface area contributed by atoms with Gasteiger partial charge in [-0.1, -0.05) is 12.1 Å². The number of carboxylic acid groups (broad SMARTS) is 1. The smallest absolute Gasteiger partial charge is 0.408 e. The number of nitrogens with zero attached hydrogens (tertiary/aromatic N) is 1. The summed E-state index contributed by atoms with van der Waals surface area (Å²) >= 11 is 0. The molecule has 8 heteroatoms. The summed E-state index contributed by atoms with van der Waals surface area (Å²) < 4.78 is 10.7. The Labute approximate surface area is 145 Å². The van der Waals surface area contributed by atoms with Crippen LogP contribution in [0.5, 0.6) is 5.75 Å². The molecule has 1 aliphatic rings. The third-order valence-electron chi connectivity index (χ3n) is 3.54. The Morgan fingerprint density at radius 1 is 1.36 bits per heavy atom. The van der Waals surface area contributed by atoms with Crippen molar-refractivity contribution in [3.05, 3.63) is 24.3 Å². The topological polar surface area (TPSA) is 105 Å². The number of carboxylic acids is 1. The van der Waals surface area contributed by atoms with E-state index in [0.29, 0.717) is 11.4 Å². The molecule has 0 saturated heterocycles. The SMILES string of the molecule is CN1C(=O)[C@H](CC(NC(=O)OC(C)(C)C)C(=O)O)Oc2ccccc21. The van der Waals surface area contributed by atoms with Crippen molar-refractivity contribution in [1.29, 1.82) is 0 Å². The van der Waals surface area contributed by atoms with Gasteiger partial charge in [-0.05, 0) is 32.9 Å². The van der Waals surface area contributed by atoms with Crippen molar-refractivity contribution in [2.75, 3.05) is 11.9 Å². The fraction of sp³-hybridized carbons (Fsp3) is 0.471. The van der Waals surface area contributed by atoms with Crippen LogP contribution in [0.25, 0.3) is 0 Å². The standard InChI is InChI=1S/C17H22N2O6/c1-17(2,3)25-16(23)18-10(15(21)22)9-13-14(20)19(4)11-7-5-6-8-12(11)24-13/h5-8,10,13H,9H2,1-4H3,(H,18,23)(H,21,22)/t10?,13-/m0/s1. The number of ether oxygens (including phenoxy) is 2. The normalized spacial score (nSPS) is 18.0. The first-order chi connectivity index (χ1) is 11.6. The van der Waals surface area contributed by atoms with Crippen molar-refractivity contribution in [2.24, 2.45) is 0 Å². The van der Waals surface area contributed by atoms with Crippen LogP contribution in [-0.2, 0) is 14.3 Å². The fourth-order valence-corrected chi connectivity index (χ4v) is 2.41. The van der Waals surface area contributed by atoms with E-state index in [2.05, 4.69) is 5.32 Å². The number of fused-ring (bicyclic) bond motifs is 1. The largest absolute Gasteiger partial charge is 0.480 e. The Morgan fingerprint density at radius 3 is 2.60 bits per heavy atom. The van der Waals surface area contributed by atoms with E-state index < -0.39 is 29.8 Å². The van der Waals surface area contributed by atoms with Gasteiger partial charge in [-0.25, -0.2) is 9.59 Å². The zero-order valence-corrected chi connectivity index (χ0v) is 14.6. The van der Waals surface area contributed by atoms with Crippen LogP contribution in [0.2, 0.25) is 0 Å². The van der Waals surface area contributed by atoms with Crippen molar-refractivity contribution in [1.82, 2.24) is 5.32 Å². The van der Waals surface area contributed by atoms with Crippen molar-refractivity contribution < 1.29 is 29.0 Å². The molecule has 0 spiro atoms. The average Bonchev–Trinajstić information content (AvgIpc) is 2.49. The van der Waals surface area contributed by atoms with Crippen molar-refractivity contribution in [2.45, 2.75) is 44.9 Å². The van der Waals surface area contributed by atoms with E-state index in [1.165, 1.54) is 4.90 Å². The molecule has 136 valence electrons. The second kappa shape index (κ2) is 7.00. The van der Waals surface area contributed by atoms with Gasteiger partial charge in [0.15, 0.2) is 6.10 Å². The Balaban J connectivity index is 2.11. The van der Waals surface area contributed by atoms with Crippen molar-refractivity contribution >= 4 is 23.7 Å². The van der Waals surface area contributed by atoms with Crippen LogP contribution >= 0.6 is 0 Å². The molecule has 0 aliphatic carbocycles. The highest BCUT2D eigenvalue weighted by Gasteiger charge is 2.36. The molecular formula is C17H22N2O6. The van der Waals surface area contributed by atoms with Crippen LogP contribution in [-0.4, -0.2) is 47.9 Å². The maximum absolute atomic E-state index is 12.4. The number of alkyl carbamates (subject to hydrolysis) is 1. The van der Waals surface area contributed by atoms with Gasteiger partial charge < -0.3 is 24.8 Å². The first-order valence-electron chi connectivity index (χ1n) is 7.84. The maximum atomic E-state index is 12.4. The summed E-state index contributed by atoms with van der Waals surface area (Å²) in [5, 5.41) is 11.6. The molecule has 1 heterocycles. The number of aliphatic carboxylic acids is 1. The number of nitrogens with one attached hydrogen (secondary N) is 1. The molecule has 0 fully saturated rings. The van der Waals surface area contributed by atoms with Gasteiger partial charge in [0.05, 0.1) is 5.69 Å². The lowest BCUT2D eigenvalue weighted by Crippen LogP contribution is -2.50. The molecule has 0 saturated carbocycles. The van der Waals surface area contributed by atoms with Gasteiger partial charge in [0.25, 0.3) is 5.91 Å². The number of carbonyl (C=O) groups is 3. The Morgan fingerprint density at radius 2 is 2.00 bits per heavy atom. The lowest BCUT2D eigenvalue weighted by Gasteiger charge is -2.33. The second-order valence-electron chi connectivity index (χ2n) is 6.74. The first kappa shape index (κ1) is 18.6. The van der Waals surface area contributed by atoms with E-state index in [-0.39, 0.29) is 12.3 Å². The fourth-order valence-electron chi connectivity index (χ4n) is 2.41. The van der Waals surface area contributed by atoms with Crippen LogP contribution in [0.3, 0.4) is 0 Å². The van der Waals surface area contributed by atoms with Gasteiger partial charge in [0, 0.05) is 13.5 Å². The van der Waals surface area contributed by atoms with Gasteiger partial charge in [0.2, 0.25) is 0 Å². The lowest BCUT2D eigenvalue weighted by molar-refractivity contribution is -0.140. The maximum Gasteiger partial charge on any atom is 0.408 e. The molecule has 2 amide bonds. The molecule has 1 aliphatic heterocycles. The molecule has 2 atom stereocenters. The number of benzene rings is 1. The first-order valence-corrected chi connectivity index (χ1v) is 7.84. The number of amides is 2. The molecule has 2 rings (SSSR count). The quantitative estimate of drug-likeness (QED) is 0.857. The third kappa shape index (κ3) is 4.62. The molecule has 1 aromatic carbocycles. The van der Waals surface area contributed by atoms with Crippen LogP contribution in [0.4, 0.5) is 10.5 Å². The monoisotopic (exact) mass is 350 g/mol. The van der Waals surface area contributed by atoms with E-state index in [9.17, 15) is 19.5 Å². The summed E-state index contributed by atoms with van der Waals surface area (Å²) in [7, 11) is 1.59. The minimum absolute atomic E-state index is 0.216. The molecule has 1 aromatic rings. The Bertz CT molecular complexity index is 682. The number of hydrogen-bond donors (Lipinski definition) is 2. The third-order valence-corrected chi connectivity index (χ3v) is 3.54. The number of anilines is 1. The van der Waals surface area contributed by atoms with E-state index in [0.717, 1.165) is 0 Å². The van der Waals surface area contributed by atoms with E-state index >= 15 is 0 Å². The summed E-state index contributed by atoms with van der Waals surface area (Å²) in [6.07, 6.45) is -2.10. The Hall–Kier alpha value is -2.77. The number of para-hydroxylation sites is 2. The molecule has 8 nitrogen and oxygen atoms in total. The number of hydrogen-bond acceptors (Lipinski definition) is 5. The van der Waals surface area contributed by atoms with Gasteiger partial charge in [-0.3, -0.25) is 4.79 Å². The van der Waals surface area contributed by atoms with Crippen LogP contribution in [0, 0.1) is 0 Å². The zero-order chi connectivity index (χ0) is 18.8. The van der Waals surface area contributed by atoms with Crippen molar-refractivity contribution in [3.8, 4) is 5.75 Å². The number of carbonyl (C=O) groups excluding carboxylic acids is 2. The second-order valence-corrected chi connectivity index (χ2v) is 6.74. The van der Waals surface area contributed by atoms with Crippen LogP contribution < -0.4 is 15.0 Å². The molecule has 1 unspecified atom stereocenters. The zero-order valence-electron chi connectivity index (χ0n) is 14.6. The minimum atomic E-state index is -1.32. The van der Waals surface area contributed by atoms with Crippen molar-refractivity contribution in [3.63, 3.8) is 0 Å². The minimum Gasteiger partial charge on any atom is -0.480 e. The summed E-state index contributed by atoms with van der Waals surface area (Å²) in [4.78, 5) is 37.1. The summed E-state index contributed by atoms with van der Waals surface area (Å²) in [6.45, 7) is 5.01. The van der Waals surface area contributed by atoms with Gasteiger partial charge >= 0.3 is 12.1 Å². The predicted octanol–water partition coefficient (Wildman–Crippen LogP) is 1.78. The molecule has 0 aromatic heterocycles. The van der Waals surface area contributed by atoms with Gasteiger partial charge in [0.1, 0.15) is 17.4 Å². The van der Waals surface area contributed by atoms with Gasteiger partial charge in [-0.15, -0.1) is 0 Å². The highest BCUT2D eigenvalue weighted by atomic mass is 16.6. The van der Waals surface area contributed by atoms with Crippen LogP contribution in [0.15, 0.2) is 24.3 Å². The van der Waals surface area contributed by atoms with E-state index in [4.69, 9.17) is 9.47 Å². The molecule has 0 radical (unpaired) electrons. The van der Waals surface area contributed by atoms with Gasteiger partial charge in [-0.2, -0.15) is 0 Å². The number of rotatable bonds is 4. The Kier molecular flexibility index (Phi) is 5.20. The molecule has 0 bridgehead atoms. The van der Waals surface area contributed by atoms with E-state index in [1.807, 2.05) is 0 Å². The summed E-state index contributed by atoms with van der Waals surface area (Å²) in [5.41, 5.74) is -0.153. The average molecular weight is 350 g/mol. The summed E-state index contributed by atoms with van der Waals surface area (Å²) in [6, 6.07) is 5.64. The summed E-state index contributed by atoms with van der Waals surface area (Å²) in [5.74, 6) is -1.17. The molecule has 2 N–H and O–H groups in total. The molecule has 25 heavy (non-hydrogen) atoms. The highest BCUT2D eigenvalue weighted by Crippen LogP contribution is 2.33. The lowest BCUT2D eigenvalue weighted by atomic mass is 10.1.